The molecule has 0 heterocycles. The molecule has 1 aliphatic rings. The monoisotopic (exact) mass is 365 g/mol. The first-order valence-corrected chi connectivity index (χ1v) is 8.15. The molecule has 0 fully saturated rings. The predicted molar refractivity (Wildman–Crippen MR) is 89.7 cm³/mol. The van der Waals surface area contributed by atoms with Gasteiger partial charge in [0.2, 0.25) is 0 Å². The molecule has 1 amide bonds. The number of hydrogen-bond donors (Lipinski definition) is 2. The number of carbonyl (C=O) groups excluding carboxylic acids is 1. The van der Waals surface area contributed by atoms with E-state index in [4.69, 9.17) is 4.74 Å². The van der Waals surface area contributed by atoms with Gasteiger partial charge in [0.1, 0.15) is 6.61 Å². The highest BCUT2D eigenvalue weighted by atomic mass is 19.4. The smallest absolute Gasteiger partial charge is 0.411 e. The van der Waals surface area contributed by atoms with Crippen LogP contribution in [0.3, 0.4) is 0 Å². The van der Waals surface area contributed by atoms with Crippen molar-refractivity contribution in [1.82, 2.24) is 5.32 Å². The molecule has 0 saturated carbocycles. The number of fused-ring (bicyclic) bond motifs is 3. The van der Waals surface area contributed by atoms with E-state index >= 15 is 0 Å². The molecule has 2 aromatic rings. The molecule has 0 spiro atoms. The average Bonchev–Trinajstić information content (AvgIpc) is 2.91. The van der Waals surface area contributed by atoms with Gasteiger partial charge >= 0.3 is 12.3 Å². The second-order valence-electron chi connectivity index (χ2n) is 6.23. The largest absolute Gasteiger partial charge is 0.449 e. The van der Waals surface area contributed by atoms with Gasteiger partial charge < -0.3 is 15.2 Å². The van der Waals surface area contributed by atoms with Crippen molar-refractivity contribution in [2.24, 2.45) is 0 Å². The number of halogens is 3. The standard InChI is InChI=1S/C19H18F3NO3/c1-11(24)17(19(20,21)22)23-18(25)26-10-16-14-8-4-2-6-12(14)13-7-3-5-9-15(13)16/h2-9,11,16-17,24H,10H2,1H3,(H,23,25). The molecule has 0 bridgehead atoms. The Bertz CT molecular complexity index is 759. The van der Waals surface area contributed by atoms with E-state index in [-0.39, 0.29) is 12.5 Å². The summed E-state index contributed by atoms with van der Waals surface area (Å²) in [5, 5.41) is 10.9. The minimum Gasteiger partial charge on any atom is -0.449 e. The van der Waals surface area contributed by atoms with Gasteiger partial charge in [0.25, 0.3) is 0 Å². The minimum absolute atomic E-state index is 0.0930. The molecule has 4 nitrogen and oxygen atoms in total. The lowest BCUT2D eigenvalue weighted by Gasteiger charge is -2.24. The number of amides is 1. The molecule has 2 aromatic carbocycles. The van der Waals surface area contributed by atoms with Gasteiger partial charge in [-0.05, 0) is 29.2 Å². The number of rotatable bonds is 4. The molecule has 0 aliphatic heterocycles. The molecule has 1 aliphatic carbocycles. The zero-order chi connectivity index (χ0) is 18.9. The van der Waals surface area contributed by atoms with Crippen molar-refractivity contribution in [3.05, 3.63) is 59.7 Å². The third-order valence-corrected chi connectivity index (χ3v) is 4.45. The summed E-state index contributed by atoms with van der Waals surface area (Å²) >= 11 is 0. The van der Waals surface area contributed by atoms with E-state index in [2.05, 4.69) is 0 Å². The fourth-order valence-corrected chi connectivity index (χ4v) is 3.24. The van der Waals surface area contributed by atoms with E-state index < -0.39 is 24.4 Å². The van der Waals surface area contributed by atoms with Crippen LogP contribution in [0.25, 0.3) is 11.1 Å². The molecule has 26 heavy (non-hydrogen) atoms. The number of aliphatic hydroxyl groups excluding tert-OH is 1. The van der Waals surface area contributed by atoms with E-state index in [1.165, 1.54) is 0 Å². The van der Waals surface area contributed by atoms with Gasteiger partial charge in [0.05, 0.1) is 6.10 Å². The number of nitrogens with one attached hydrogen (secondary N) is 1. The van der Waals surface area contributed by atoms with Crippen LogP contribution in [0, 0.1) is 0 Å². The number of carbonyl (C=O) groups is 1. The zero-order valence-electron chi connectivity index (χ0n) is 14.0. The highest BCUT2D eigenvalue weighted by molar-refractivity contribution is 5.79. The molecular weight excluding hydrogens is 347 g/mol. The van der Waals surface area contributed by atoms with Crippen molar-refractivity contribution in [3.8, 4) is 11.1 Å². The van der Waals surface area contributed by atoms with Crippen LogP contribution in [0.4, 0.5) is 18.0 Å². The van der Waals surface area contributed by atoms with Gasteiger partial charge in [0, 0.05) is 5.92 Å². The van der Waals surface area contributed by atoms with E-state index in [0.29, 0.717) is 0 Å². The summed E-state index contributed by atoms with van der Waals surface area (Å²) in [4.78, 5) is 11.8. The number of ether oxygens (including phenoxy) is 1. The quantitative estimate of drug-likeness (QED) is 0.866. The molecule has 2 N–H and O–H groups in total. The Hall–Kier alpha value is -2.54. The van der Waals surface area contributed by atoms with Crippen molar-refractivity contribution in [2.75, 3.05) is 6.61 Å². The molecular formula is C19H18F3NO3. The number of hydrogen-bond acceptors (Lipinski definition) is 3. The molecule has 0 radical (unpaired) electrons. The Morgan fingerprint density at radius 1 is 1.12 bits per heavy atom. The molecule has 0 saturated heterocycles. The average molecular weight is 365 g/mol. The highest BCUT2D eigenvalue weighted by Gasteiger charge is 2.44. The highest BCUT2D eigenvalue weighted by Crippen LogP contribution is 2.44. The van der Waals surface area contributed by atoms with E-state index in [1.807, 2.05) is 48.5 Å². The van der Waals surface area contributed by atoms with Crippen molar-refractivity contribution in [2.45, 2.75) is 31.2 Å². The lowest BCUT2D eigenvalue weighted by molar-refractivity contribution is -0.173. The minimum atomic E-state index is -4.76. The number of benzene rings is 2. The number of aliphatic hydroxyl groups is 1. The van der Waals surface area contributed by atoms with Crippen LogP contribution in [0.1, 0.15) is 24.0 Å². The maximum absolute atomic E-state index is 12.8. The Morgan fingerprint density at radius 2 is 1.62 bits per heavy atom. The third kappa shape index (κ3) is 3.53. The summed E-state index contributed by atoms with van der Waals surface area (Å²) < 4.78 is 43.6. The fourth-order valence-electron chi connectivity index (χ4n) is 3.24. The Morgan fingerprint density at radius 3 is 2.08 bits per heavy atom. The summed E-state index contributed by atoms with van der Waals surface area (Å²) in [6.45, 7) is 0.867. The van der Waals surface area contributed by atoms with Gasteiger partial charge in [-0.1, -0.05) is 48.5 Å². The molecule has 2 atom stereocenters. The van der Waals surface area contributed by atoms with Crippen LogP contribution >= 0.6 is 0 Å². The second kappa shape index (κ2) is 6.99. The number of alkyl carbamates (subject to hydrolysis) is 1. The summed E-state index contributed by atoms with van der Waals surface area (Å²) in [6.07, 6.45) is -7.76. The fraction of sp³-hybridized carbons (Fsp3) is 0.316. The maximum atomic E-state index is 12.8. The summed E-state index contributed by atoms with van der Waals surface area (Å²) in [6, 6.07) is 12.9. The number of alkyl halides is 3. The van der Waals surface area contributed by atoms with Crippen molar-refractivity contribution < 1.29 is 27.8 Å². The lowest BCUT2D eigenvalue weighted by atomic mass is 9.98. The Balaban J connectivity index is 1.73. The molecule has 3 rings (SSSR count). The van der Waals surface area contributed by atoms with Crippen molar-refractivity contribution in [3.63, 3.8) is 0 Å². The Kier molecular flexibility index (Phi) is 4.91. The third-order valence-electron chi connectivity index (χ3n) is 4.45. The maximum Gasteiger partial charge on any atom is 0.411 e. The first-order valence-electron chi connectivity index (χ1n) is 8.15. The molecule has 2 unspecified atom stereocenters. The SMILES string of the molecule is CC(O)C(NC(=O)OCC1c2ccccc2-c2ccccc21)C(F)(F)F. The topological polar surface area (TPSA) is 58.6 Å². The first kappa shape index (κ1) is 18.3. The van der Waals surface area contributed by atoms with Crippen LogP contribution in [-0.2, 0) is 4.74 Å². The van der Waals surface area contributed by atoms with Crippen molar-refractivity contribution in [1.29, 1.82) is 0 Å². The van der Waals surface area contributed by atoms with Gasteiger partial charge in [-0.15, -0.1) is 0 Å². The van der Waals surface area contributed by atoms with Gasteiger partial charge in [-0.3, -0.25) is 0 Å². The normalized spacial score (nSPS) is 15.7. The molecule has 138 valence electrons. The van der Waals surface area contributed by atoms with E-state index in [1.54, 1.807) is 5.32 Å². The lowest BCUT2D eigenvalue weighted by Crippen LogP contribution is -2.52. The summed E-state index contributed by atoms with van der Waals surface area (Å²) in [7, 11) is 0. The van der Waals surface area contributed by atoms with Gasteiger partial charge in [-0.25, -0.2) is 4.79 Å². The van der Waals surface area contributed by atoms with Crippen LogP contribution in [0.15, 0.2) is 48.5 Å². The molecule has 7 heteroatoms. The van der Waals surface area contributed by atoms with Gasteiger partial charge in [0.15, 0.2) is 6.04 Å². The van der Waals surface area contributed by atoms with Crippen LogP contribution in [0.5, 0.6) is 0 Å². The van der Waals surface area contributed by atoms with Gasteiger partial charge in [-0.2, -0.15) is 13.2 Å². The summed E-state index contributed by atoms with van der Waals surface area (Å²) in [5.74, 6) is -0.246. The van der Waals surface area contributed by atoms with E-state index in [9.17, 15) is 23.1 Å². The Labute approximate surface area is 148 Å². The van der Waals surface area contributed by atoms with E-state index in [0.717, 1.165) is 29.2 Å². The van der Waals surface area contributed by atoms with Crippen LogP contribution in [0.2, 0.25) is 0 Å². The second-order valence-corrected chi connectivity index (χ2v) is 6.23. The first-order chi connectivity index (χ1) is 12.3. The van der Waals surface area contributed by atoms with Crippen molar-refractivity contribution >= 4 is 6.09 Å². The van der Waals surface area contributed by atoms with Crippen LogP contribution < -0.4 is 5.32 Å². The summed E-state index contributed by atoms with van der Waals surface area (Å²) in [5.41, 5.74) is 3.97. The van der Waals surface area contributed by atoms with Crippen LogP contribution in [-0.4, -0.2) is 36.1 Å². The predicted octanol–water partition coefficient (Wildman–Crippen LogP) is 3.84. The molecule has 0 aromatic heterocycles. The zero-order valence-corrected chi connectivity index (χ0v) is 14.0.